The van der Waals surface area contributed by atoms with Gasteiger partial charge in [0.15, 0.2) is 0 Å². The number of aliphatic carboxylic acids is 1. The summed E-state index contributed by atoms with van der Waals surface area (Å²) in [4.78, 5) is 13.5. The minimum absolute atomic E-state index is 0.265. The summed E-state index contributed by atoms with van der Waals surface area (Å²) in [6.07, 6.45) is -5.35. The van der Waals surface area contributed by atoms with Crippen LogP contribution < -0.4 is 0 Å². The number of rotatable bonds is 2. The van der Waals surface area contributed by atoms with Crippen LogP contribution in [0.2, 0.25) is 0 Å². The molecule has 0 aliphatic carbocycles. The first-order valence-electron chi connectivity index (χ1n) is 4.03. The van der Waals surface area contributed by atoms with Gasteiger partial charge < -0.3 is 5.11 Å². The lowest BCUT2D eigenvalue weighted by Gasteiger charge is -2.07. The lowest BCUT2D eigenvalue weighted by Crippen LogP contribution is -2.12. The van der Waals surface area contributed by atoms with Gasteiger partial charge in [0.1, 0.15) is 5.69 Å². The predicted molar refractivity (Wildman–Crippen MR) is 45.3 cm³/mol. The van der Waals surface area contributed by atoms with Crippen LogP contribution in [0, 0.1) is 11.3 Å². The van der Waals surface area contributed by atoms with Gasteiger partial charge in [0.05, 0.1) is 23.7 Å². The number of carboxylic acids is 1. The van der Waals surface area contributed by atoms with Crippen molar-refractivity contribution in [3.63, 3.8) is 0 Å². The highest BCUT2D eigenvalue weighted by atomic mass is 19.4. The van der Waals surface area contributed by atoms with Crippen LogP contribution in [0.25, 0.3) is 0 Å². The summed E-state index contributed by atoms with van der Waals surface area (Å²) in [6, 6.07) is 3.11. The van der Waals surface area contributed by atoms with E-state index >= 15 is 0 Å². The number of nitrogens with zero attached hydrogens (tertiary/aromatic N) is 2. The van der Waals surface area contributed by atoms with Gasteiger partial charge in [-0.2, -0.15) is 18.4 Å². The maximum absolute atomic E-state index is 12.3. The number of alkyl halides is 3. The van der Waals surface area contributed by atoms with Crippen LogP contribution >= 0.6 is 0 Å². The van der Waals surface area contributed by atoms with Crippen LogP contribution in [0.15, 0.2) is 12.1 Å². The van der Waals surface area contributed by atoms with E-state index in [1.165, 1.54) is 6.07 Å². The van der Waals surface area contributed by atoms with Crippen molar-refractivity contribution in [2.24, 2.45) is 0 Å². The van der Waals surface area contributed by atoms with Crippen molar-refractivity contribution in [3.05, 3.63) is 29.1 Å². The molecule has 0 saturated carbocycles. The molecule has 0 atom stereocenters. The fourth-order valence-corrected chi connectivity index (χ4v) is 1.04. The molecule has 1 aromatic heterocycles. The van der Waals surface area contributed by atoms with Gasteiger partial charge in [0.25, 0.3) is 0 Å². The highest BCUT2D eigenvalue weighted by Gasteiger charge is 2.33. The van der Waals surface area contributed by atoms with E-state index in [9.17, 15) is 18.0 Å². The van der Waals surface area contributed by atoms with Gasteiger partial charge >= 0.3 is 12.1 Å². The van der Waals surface area contributed by atoms with Gasteiger partial charge in [0.2, 0.25) is 0 Å². The van der Waals surface area contributed by atoms with E-state index in [1.807, 2.05) is 0 Å². The van der Waals surface area contributed by atoms with Crippen molar-refractivity contribution in [2.45, 2.75) is 12.6 Å². The number of pyridine rings is 1. The highest BCUT2D eigenvalue weighted by Crippen LogP contribution is 2.28. The Bertz CT molecular complexity index is 463. The second kappa shape index (κ2) is 4.18. The number of carbonyl (C=O) groups is 1. The van der Waals surface area contributed by atoms with Crippen molar-refractivity contribution >= 4 is 5.97 Å². The molecular weight excluding hydrogens is 225 g/mol. The molecule has 0 fully saturated rings. The number of carboxylic acid groups (broad SMARTS) is 1. The van der Waals surface area contributed by atoms with Crippen molar-refractivity contribution < 1.29 is 23.1 Å². The first-order valence-corrected chi connectivity index (χ1v) is 4.03. The van der Waals surface area contributed by atoms with Crippen molar-refractivity contribution in [1.82, 2.24) is 4.98 Å². The maximum atomic E-state index is 12.3. The molecule has 0 unspecified atom stereocenters. The second-order valence-electron chi connectivity index (χ2n) is 2.91. The SMILES string of the molecule is N#Cc1cc(CC(=O)O)nc(C(F)(F)F)c1. The zero-order valence-electron chi connectivity index (χ0n) is 7.75. The van der Waals surface area contributed by atoms with E-state index in [0.717, 1.165) is 6.07 Å². The third-order valence-electron chi connectivity index (χ3n) is 1.63. The summed E-state index contributed by atoms with van der Waals surface area (Å²) in [5, 5.41) is 16.9. The third kappa shape index (κ3) is 2.95. The average Bonchev–Trinajstić information content (AvgIpc) is 2.14. The monoisotopic (exact) mass is 230 g/mol. The van der Waals surface area contributed by atoms with Gasteiger partial charge in [0, 0.05) is 0 Å². The number of nitriles is 1. The average molecular weight is 230 g/mol. The molecule has 0 radical (unpaired) electrons. The predicted octanol–water partition coefficient (Wildman–Crippen LogP) is 1.60. The number of halogens is 3. The van der Waals surface area contributed by atoms with Crippen LogP contribution in [0.4, 0.5) is 13.2 Å². The summed E-state index contributed by atoms with van der Waals surface area (Å²) in [5.41, 5.74) is -1.82. The molecule has 0 aliphatic rings. The molecule has 0 amide bonds. The van der Waals surface area contributed by atoms with E-state index in [2.05, 4.69) is 4.98 Å². The number of aromatic nitrogens is 1. The summed E-state index contributed by atoms with van der Waals surface area (Å²) >= 11 is 0. The minimum atomic E-state index is -4.69. The van der Waals surface area contributed by atoms with Crippen molar-refractivity contribution in [1.29, 1.82) is 5.26 Å². The number of hydrogen-bond acceptors (Lipinski definition) is 3. The summed E-state index contributed by atoms with van der Waals surface area (Å²) < 4.78 is 36.9. The van der Waals surface area contributed by atoms with Crippen LogP contribution in [0.3, 0.4) is 0 Å². The fourth-order valence-electron chi connectivity index (χ4n) is 1.04. The summed E-state index contributed by atoms with van der Waals surface area (Å²) in [7, 11) is 0. The quantitative estimate of drug-likeness (QED) is 0.837. The van der Waals surface area contributed by atoms with Gasteiger partial charge in [-0.3, -0.25) is 4.79 Å². The van der Waals surface area contributed by atoms with E-state index in [0.29, 0.717) is 6.07 Å². The van der Waals surface area contributed by atoms with E-state index < -0.39 is 24.3 Å². The molecule has 0 bridgehead atoms. The zero-order chi connectivity index (χ0) is 12.3. The lowest BCUT2D eigenvalue weighted by molar-refractivity contribution is -0.142. The molecule has 1 aromatic rings. The molecule has 0 aliphatic heterocycles. The molecule has 84 valence electrons. The Labute approximate surface area is 88.0 Å². The van der Waals surface area contributed by atoms with Crippen LogP contribution in [0.5, 0.6) is 0 Å². The van der Waals surface area contributed by atoms with Gasteiger partial charge in [-0.1, -0.05) is 0 Å². The lowest BCUT2D eigenvalue weighted by atomic mass is 10.1. The third-order valence-corrected chi connectivity index (χ3v) is 1.63. The molecule has 0 spiro atoms. The Morgan fingerprint density at radius 2 is 2.12 bits per heavy atom. The standard InChI is InChI=1S/C9H5F3N2O2/c10-9(11,12)7-2-5(4-13)1-6(14-7)3-8(15)16/h1-2H,3H2,(H,15,16). The molecule has 1 rings (SSSR count). The van der Waals surface area contributed by atoms with E-state index in [-0.39, 0.29) is 11.3 Å². The van der Waals surface area contributed by atoms with Gasteiger partial charge in [-0.15, -0.1) is 0 Å². The molecule has 16 heavy (non-hydrogen) atoms. The zero-order valence-corrected chi connectivity index (χ0v) is 7.75. The largest absolute Gasteiger partial charge is 0.481 e. The van der Waals surface area contributed by atoms with Crippen LogP contribution in [-0.2, 0) is 17.4 Å². The maximum Gasteiger partial charge on any atom is 0.433 e. The molecule has 1 heterocycles. The van der Waals surface area contributed by atoms with E-state index in [4.69, 9.17) is 10.4 Å². The van der Waals surface area contributed by atoms with Crippen LogP contribution in [-0.4, -0.2) is 16.1 Å². The fraction of sp³-hybridized carbons (Fsp3) is 0.222. The Hall–Kier alpha value is -2.10. The second-order valence-corrected chi connectivity index (χ2v) is 2.91. The molecule has 4 nitrogen and oxygen atoms in total. The Morgan fingerprint density at radius 3 is 2.56 bits per heavy atom. The van der Waals surface area contributed by atoms with Crippen molar-refractivity contribution in [2.75, 3.05) is 0 Å². The van der Waals surface area contributed by atoms with E-state index in [1.54, 1.807) is 0 Å². The van der Waals surface area contributed by atoms with Gasteiger partial charge in [-0.25, -0.2) is 4.98 Å². The smallest absolute Gasteiger partial charge is 0.433 e. The normalized spacial score (nSPS) is 10.9. The van der Waals surface area contributed by atoms with Crippen molar-refractivity contribution in [3.8, 4) is 6.07 Å². The Kier molecular flexibility index (Phi) is 3.13. The molecule has 0 saturated heterocycles. The molecule has 7 heteroatoms. The van der Waals surface area contributed by atoms with Crippen LogP contribution in [0.1, 0.15) is 17.0 Å². The Morgan fingerprint density at radius 1 is 1.50 bits per heavy atom. The first-order chi connectivity index (χ1) is 7.32. The summed E-state index contributed by atoms with van der Waals surface area (Å²) in [6.45, 7) is 0. The number of hydrogen-bond donors (Lipinski definition) is 1. The summed E-state index contributed by atoms with van der Waals surface area (Å²) in [5.74, 6) is -1.31. The highest BCUT2D eigenvalue weighted by molar-refractivity contribution is 5.69. The molecular formula is C9H5F3N2O2. The minimum Gasteiger partial charge on any atom is -0.481 e. The Balaban J connectivity index is 3.22. The van der Waals surface area contributed by atoms with Gasteiger partial charge in [-0.05, 0) is 12.1 Å². The molecule has 1 N–H and O–H groups in total. The molecule has 0 aromatic carbocycles. The first kappa shape index (κ1) is 12.0. The topological polar surface area (TPSA) is 74.0 Å².